The molecule has 3 aromatic rings. The second-order valence-electron chi connectivity index (χ2n) is 6.60. The molecule has 0 fully saturated rings. The molecule has 7 nitrogen and oxygen atoms in total. The first-order valence-corrected chi connectivity index (χ1v) is 9.32. The average molecular weight is 452 g/mol. The zero-order valence-corrected chi connectivity index (χ0v) is 16.8. The van der Waals surface area contributed by atoms with Gasteiger partial charge in [-0.1, -0.05) is 29.8 Å². The summed E-state index contributed by atoms with van der Waals surface area (Å²) in [7, 11) is 0. The molecule has 0 aliphatic heterocycles. The van der Waals surface area contributed by atoms with Crippen molar-refractivity contribution in [2.24, 2.45) is 5.73 Å². The normalized spacial score (nSPS) is 12.3. The summed E-state index contributed by atoms with van der Waals surface area (Å²) in [6.07, 6.45) is -3.97. The summed E-state index contributed by atoms with van der Waals surface area (Å²) in [5.41, 5.74) is 4.34. The Hall–Kier alpha value is -3.53. The zero-order valence-electron chi connectivity index (χ0n) is 16.1. The number of urea groups is 1. The van der Waals surface area contributed by atoms with Crippen molar-refractivity contribution >= 4 is 29.2 Å². The quantitative estimate of drug-likeness (QED) is 0.531. The molecule has 1 heterocycles. The van der Waals surface area contributed by atoms with E-state index in [2.05, 4.69) is 15.7 Å². The van der Waals surface area contributed by atoms with E-state index in [1.807, 2.05) is 0 Å². The number of benzene rings is 2. The van der Waals surface area contributed by atoms with E-state index in [0.717, 1.165) is 6.20 Å². The van der Waals surface area contributed by atoms with E-state index in [0.29, 0.717) is 15.9 Å². The number of carbonyl (C=O) groups excluding carboxylic acids is 2. The first-order valence-electron chi connectivity index (χ1n) is 8.94. The Labute approximate surface area is 180 Å². The predicted molar refractivity (Wildman–Crippen MR) is 109 cm³/mol. The molecule has 0 saturated heterocycles. The van der Waals surface area contributed by atoms with Gasteiger partial charge in [-0.3, -0.25) is 4.79 Å². The molecule has 1 aromatic heterocycles. The molecule has 0 radical (unpaired) electrons. The largest absolute Gasteiger partial charge is 0.434 e. The van der Waals surface area contributed by atoms with Crippen molar-refractivity contribution in [1.29, 1.82) is 0 Å². The highest BCUT2D eigenvalue weighted by Gasteiger charge is 2.40. The van der Waals surface area contributed by atoms with E-state index < -0.39 is 35.4 Å². The number of rotatable bonds is 5. The molecule has 0 aliphatic rings. The Morgan fingerprint density at radius 3 is 2.42 bits per heavy atom. The highest BCUT2D eigenvalue weighted by atomic mass is 35.5. The smallest absolute Gasteiger partial charge is 0.351 e. The SMILES string of the molecule is CC(NC(=O)c1cnn(-c2cccc(Cl)c2)c1C(F)(F)F)c1ccc(NC(N)=O)cc1. The van der Waals surface area contributed by atoms with Gasteiger partial charge in [-0.2, -0.15) is 18.3 Å². The maximum atomic E-state index is 13.8. The molecule has 31 heavy (non-hydrogen) atoms. The van der Waals surface area contributed by atoms with Crippen LogP contribution >= 0.6 is 11.6 Å². The van der Waals surface area contributed by atoms with Gasteiger partial charge in [-0.05, 0) is 42.8 Å². The summed E-state index contributed by atoms with van der Waals surface area (Å²) in [6, 6.07) is 10.7. The van der Waals surface area contributed by atoms with Crippen LogP contribution in [0.2, 0.25) is 5.02 Å². The van der Waals surface area contributed by atoms with Gasteiger partial charge in [-0.25, -0.2) is 9.48 Å². The van der Waals surface area contributed by atoms with Gasteiger partial charge in [0, 0.05) is 10.7 Å². The van der Waals surface area contributed by atoms with Gasteiger partial charge in [0.25, 0.3) is 5.91 Å². The topological polar surface area (TPSA) is 102 Å². The standard InChI is InChI=1S/C20H17ClF3N5O2/c1-11(12-5-7-14(8-6-12)28-19(25)31)27-18(30)16-10-26-29(17(16)20(22,23)24)15-4-2-3-13(21)9-15/h2-11H,1H3,(H,27,30)(H3,25,28,31). The highest BCUT2D eigenvalue weighted by Crippen LogP contribution is 2.34. The third-order valence-corrected chi connectivity index (χ3v) is 4.60. The summed E-state index contributed by atoms with van der Waals surface area (Å²) < 4.78 is 42.0. The number of aromatic nitrogens is 2. The van der Waals surface area contributed by atoms with E-state index in [4.69, 9.17) is 17.3 Å². The van der Waals surface area contributed by atoms with Crippen LogP contribution in [-0.2, 0) is 6.18 Å². The number of carbonyl (C=O) groups is 2. The van der Waals surface area contributed by atoms with Crippen LogP contribution in [0, 0.1) is 0 Å². The van der Waals surface area contributed by atoms with E-state index in [1.165, 1.54) is 24.3 Å². The fourth-order valence-electron chi connectivity index (χ4n) is 2.95. The van der Waals surface area contributed by atoms with E-state index in [9.17, 15) is 22.8 Å². The Morgan fingerprint density at radius 2 is 1.84 bits per heavy atom. The van der Waals surface area contributed by atoms with Crippen LogP contribution in [-0.4, -0.2) is 21.7 Å². The van der Waals surface area contributed by atoms with Gasteiger partial charge in [0.15, 0.2) is 5.69 Å². The second kappa shape index (κ2) is 8.68. The molecule has 3 amide bonds. The second-order valence-corrected chi connectivity index (χ2v) is 7.04. The molecule has 11 heteroatoms. The monoisotopic (exact) mass is 451 g/mol. The number of alkyl halides is 3. The van der Waals surface area contributed by atoms with E-state index in [-0.39, 0.29) is 10.7 Å². The molecule has 1 atom stereocenters. The van der Waals surface area contributed by atoms with E-state index in [1.54, 1.807) is 31.2 Å². The summed E-state index contributed by atoms with van der Waals surface area (Å²) >= 11 is 5.87. The lowest BCUT2D eigenvalue weighted by molar-refractivity contribution is -0.143. The number of anilines is 1. The van der Waals surface area contributed by atoms with Gasteiger partial charge >= 0.3 is 12.2 Å². The van der Waals surface area contributed by atoms with E-state index >= 15 is 0 Å². The molecular formula is C20H17ClF3N5O2. The molecule has 2 aromatic carbocycles. The number of nitrogens with zero attached hydrogens (tertiary/aromatic N) is 2. The molecule has 4 N–H and O–H groups in total. The molecule has 162 valence electrons. The third kappa shape index (κ3) is 5.15. The van der Waals surface area contributed by atoms with Crippen LogP contribution in [0.25, 0.3) is 5.69 Å². The number of halogens is 4. The highest BCUT2D eigenvalue weighted by molar-refractivity contribution is 6.30. The van der Waals surface area contributed by atoms with Gasteiger partial charge in [-0.15, -0.1) is 0 Å². The minimum atomic E-state index is -4.84. The van der Waals surface area contributed by atoms with Crippen molar-refractivity contribution in [2.45, 2.75) is 19.1 Å². The fourth-order valence-corrected chi connectivity index (χ4v) is 3.13. The third-order valence-electron chi connectivity index (χ3n) is 4.36. The summed E-state index contributed by atoms with van der Waals surface area (Å²) in [4.78, 5) is 23.5. The first kappa shape index (κ1) is 22.2. The maximum absolute atomic E-state index is 13.8. The van der Waals surface area contributed by atoms with Crippen LogP contribution in [0.3, 0.4) is 0 Å². The van der Waals surface area contributed by atoms with Crippen molar-refractivity contribution in [3.63, 3.8) is 0 Å². The predicted octanol–water partition coefficient (Wildman–Crippen LogP) is 4.53. The zero-order chi connectivity index (χ0) is 22.8. The van der Waals surface area contributed by atoms with Gasteiger partial charge < -0.3 is 16.4 Å². The lowest BCUT2D eigenvalue weighted by Crippen LogP contribution is -2.29. The number of nitrogens with one attached hydrogen (secondary N) is 2. The van der Waals surface area contributed by atoms with Crippen LogP contribution in [0.4, 0.5) is 23.7 Å². The van der Waals surface area contributed by atoms with Crippen LogP contribution in [0.1, 0.15) is 34.6 Å². The number of nitrogens with two attached hydrogens (primary N) is 1. The molecule has 0 spiro atoms. The lowest BCUT2D eigenvalue weighted by Gasteiger charge is -2.16. The molecule has 0 aliphatic carbocycles. The van der Waals surface area contributed by atoms with Gasteiger partial charge in [0.05, 0.1) is 23.5 Å². The summed E-state index contributed by atoms with van der Waals surface area (Å²) in [5, 5.41) is 8.91. The molecule has 0 saturated carbocycles. The lowest BCUT2D eigenvalue weighted by atomic mass is 10.1. The number of amides is 3. The van der Waals surface area contributed by atoms with Gasteiger partial charge in [0.1, 0.15) is 0 Å². The Bertz CT molecular complexity index is 1110. The minimum Gasteiger partial charge on any atom is -0.351 e. The van der Waals surface area contributed by atoms with Crippen molar-refractivity contribution < 1.29 is 22.8 Å². The minimum absolute atomic E-state index is 0.0736. The van der Waals surface area contributed by atoms with Crippen LogP contribution in [0.5, 0.6) is 0 Å². The Balaban J connectivity index is 1.87. The van der Waals surface area contributed by atoms with Crippen molar-refractivity contribution in [1.82, 2.24) is 15.1 Å². The number of primary amides is 1. The first-order chi connectivity index (χ1) is 14.6. The fraction of sp³-hybridized carbons (Fsp3) is 0.150. The summed E-state index contributed by atoms with van der Waals surface area (Å²) in [5.74, 6) is -0.938. The van der Waals surface area contributed by atoms with Crippen LogP contribution < -0.4 is 16.4 Å². The number of hydrogen-bond donors (Lipinski definition) is 3. The maximum Gasteiger partial charge on any atom is 0.434 e. The van der Waals surface area contributed by atoms with Crippen molar-refractivity contribution in [2.75, 3.05) is 5.32 Å². The molecule has 0 bridgehead atoms. The summed E-state index contributed by atoms with van der Waals surface area (Å²) in [6.45, 7) is 1.61. The van der Waals surface area contributed by atoms with Crippen molar-refractivity contribution in [3.05, 3.63) is 76.6 Å². The average Bonchev–Trinajstić information content (AvgIpc) is 3.14. The van der Waals surface area contributed by atoms with Crippen molar-refractivity contribution in [3.8, 4) is 5.69 Å². The Morgan fingerprint density at radius 1 is 1.16 bits per heavy atom. The van der Waals surface area contributed by atoms with Crippen LogP contribution in [0.15, 0.2) is 54.7 Å². The van der Waals surface area contributed by atoms with Gasteiger partial charge in [0.2, 0.25) is 0 Å². The molecular weight excluding hydrogens is 435 g/mol. The Kier molecular flexibility index (Phi) is 6.21. The molecule has 1 unspecified atom stereocenters. The number of hydrogen-bond acceptors (Lipinski definition) is 3. The molecule has 3 rings (SSSR count).